The van der Waals surface area contributed by atoms with Crippen molar-refractivity contribution in [1.29, 1.82) is 0 Å². The molecular weight excluding hydrogens is 494 g/mol. The molecule has 1 aliphatic rings. The third-order valence-corrected chi connectivity index (χ3v) is 5.40. The van der Waals surface area contributed by atoms with E-state index < -0.39 is 49.1 Å². The van der Waals surface area contributed by atoms with Gasteiger partial charge in [-0.3, -0.25) is 19.2 Å². The summed E-state index contributed by atoms with van der Waals surface area (Å²) in [7, 11) is 1.55. The number of amides is 2. The minimum atomic E-state index is -4.98. The fourth-order valence-electron chi connectivity index (χ4n) is 4.03. The molecule has 13 heteroatoms. The Morgan fingerprint density at radius 1 is 1.08 bits per heavy atom. The lowest BCUT2D eigenvalue weighted by Gasteiger charge is -2.36. The minimum absolute atomic E-state index is 0.0356. The number of hydrogen-bond donors (Lipinski definition) is 0. The van der Waals surface area contributed by atoms with E-state index in [1.807, 2.05) is 0 Å². The van der Waals surface area contributed by atoms with Crippen molar-refractivity contribution in [2.24, 2.45) is 7.05 Å². The summed E-state index contributed by atoms with van der Waals surface area (Å²) >= 11 is 0. The summed E-state index contributed by atoms with van der Waals surface area (Å²) in [5, 5.41) is 3.99. The molecule has 1 aliphatic heterocycles. The van der Waals surface area contributed by atoms with Crippen molar-refractivity contribution in [2.45, 2.75) is 18.5 Å². The Morgan fingerprint density at radius 3 is 2.44 bits per heavy atom. The summed E-state index contributed by atoms with van der Waals surface area (Å²) in [5.41, 5.74) is 0.268. The van der Waals surface area contributed by atoms with Gasteiger partial charge in [0.2, 0.25) is 5.91 Å². The molecule has 3 aromatic rings. The van der Waals surface area contributed by atoms with Crippen molar-refractivity contribution >= 4 is 23.2 Å². The lowest BCUT2D eigenvalue weighted by molar-refractivity contribution is -0.274. The van der Waals surface area contributed by atoms with Crippen molar-refractivity contribution in [1.82, 2.24) is 14.7 Å². The van der Waals surface area contributed by atoms with Gasteiger partial charge in [0.05, 0.1) is 23.5 Å². The maximum atomic E-state index is 13.9. The Bertz CT molecular complexity index is 1290. The highest BCUT2D eigenvalue weighted by Gasteiger charge is 2.42. The molecule has 36 heavy (non-hydrogen) atoms. The molecule has 0 N–H and O–H groups in total. The average Bonchev–Trinajstić information content (AvgIpc) is 3.19. The first-order chi connectivity index (χ1) is 16.8. The minimum Gasteiger partial charge on any atom is -0.406 e. The van der Waals surface area contributed by atoms with E-state index in [4.69, 9.17) is 0 Å². The SMILES string of the molecule is Cn1cc(N(C(=O)C2CN(CC(F)(F)F)C(=O)c3ccccc32)c2cccc(OC(F)(F)F)c2)cn1. The standard InChI is InChI=1S/C23H18F6N4O3/c1-31-11-15(10-30-31)33(14-5-4-6-16(9-14)36-23(27,28)29)21(35)19-12-32(13-22(24,25)26)20(34)18-8-3-2-7-17(18)19/h2-11,19H,12-13H2,1H3. The van der Waals surface area contributed by atoms with Crippen molar-refractivity contribution in [3.8, 4) is 5.75 Å². The maximum Gasteiger partial charge on any atom is 0.573 e. The van der Waals surface area contributed by atoms with Crippen LogP contribution >= 0.6 is 0 Å². The number of fused-ring (bicyclic) bond motifs is 1. The second kappa shape index (κ2) is 9.21. The normalized spacial score (nSPS) is 16.0. The second-order valence-corrected chi connectivity index (χ2v) is 8.03. The highest BCUT2D eigenvalue weighted by molar-refractivity contribution is 6.08. The molecule has 0 spiro atoms. The van der Waals surface area contributed by atoms with Crippen LogP contribution in [0.2, 0.25) is 0 Å². The molecule has 190 valence electrons. The van der Waals surface area contributed by atoms with Gasteiger partial charge in [0.1, 0.15) is 12.3 Å². The van der Waals surface area contributed by atoms with Crippen LogP contribution in [-0.2, 0) is 11.8 Å². The van der Waals surface area contributed by atoms with Gasteiger partial charge in [0.15, 0.2) is 0 Å². The van der Waals surface area contributed by atoms with Crippen molar-refractivity contribution in [3.63, 3.8) is 0 Å². The molecule has 2 amide bonds. The number of carbonyl (C=O) groups excluding carboxylic acids is 2. The summed E-state index contributed by atoms with van der Waals surface area (Å²) in [6.45, 7) is -2.14. The first-order valence-corrected chi connectivity index (χ1v) is 10.5. The quantitative estimate of drug-likeness (QED) is 0.462. The fourth-order valence-corrected chi connectivity index (χ4v) is 4.03. The summed E-state index contributed by atoms with van der Waals surface area (Å²) in [6.07, 6.45) is -6.99. The van der Waals surface area contributed by atoms with Gasteiger partial charge in [0, 0.05) is 31.4 Å². The number of anilines is 2. The number of aryl methyl sites for hydroxylation is 1. The van der Waals surface area contributed by atoms with Gasteiger partial charge in [-0.2, -0.15) is 18.3 Å². The Labute approximate surface area is 200 Å². The third-order valence-electron chi connectivity index (χ3n) is 5.40. The Kier molecular flexibility index (Phi) is 6.41. The third kappa shape index (κ3) is 5.44. The van der Waals surface area contributed by atoms with E-state index >= 15 is 0 Å². The summed E-state index contributed by atoms with van der Waals surface area (Å²) < 4.78 is 83.2. The van der Waals surface area contributed by atoms with Crippen molar-refractivity contribution < 1.29 is 40.7 Å². The van der Waals surface area contributed by atoms with Crippen LogP contribution in [0.1, 0.15) is 21.8 Å². The van der Waals surface area contributed by atoms with Gasteiger partial charge in [-0.1, -0.05) is 24.3 Å². The number of benzene rings is 2. The number of halogens is 6. The Hall–Kier alpha value is -4.03. The van der Waals surface area contributed by atoms with Crippen LogP contribution in [0.25, 0.3) is 0 Å². The second-order valence-electron chi connectivity index (χ2n) is 8.03. The van der Waals surface area contributed by atoms with E-state index in [9.17, 15) is 35.9 Å². The van der Waals surface area contributed by atoms with Crippen LogP contribution in [0.4, 0.5) is 37.7 Å². The number of nitrogens with zero attached hydrogens (tertiary/aromatic N) is 4. The van der Waals surface area contributed by atoms with Crippen LogP contribution in [-0.4, -0.2) is 52.1 Å². The summed E-state index contributed by atoms with van der Waals surface area (Å²) in [4.78, 5) is 28.2. The van der Waals surface area contributed by atoms with E-state index in [2.05, 4.69) is 9.84 Å². The molecule has 4 rings (SSSR count). The zero-order valence-corrected chi connectivity index (χ0v) is 18.5. The molecule has 1 unspecified atom stereocenters. The van der Waals surface area contributed by atoms with E-state index in [0.717, 1.165) is 17.0 Å². The lowest BCUT2D eigenvalue weighted by atomic mass is 9.88. The van der Waals surface area contributed by atoms with Crippen LogP contribution in [0, 0.1) is 0 Å². The topological polar surface area (TPSA) is 67.7 Å². The number of alkyl halides is 6. The maximum absolute atomic E-state index is 13.9. The monoisotopic (exact) mass is 512 g/mol. The molecule has 0 saturated carbocycles. The van der Waals surface area contributed by atoms with Gasteiger partial charge in [-0.25, -0.2) is 0 Å². The number of carbonyl (C=O) groups is 2. The zero-order valence-electron chi connectivity index (χ0n) is 18.5. The number of hydrogen-bond acceptors (Lipinski definition) is 4. The molecule has 0 radical (unpaired) electrons. The van der Waals surface area contributed by atoms with Gasteiger partial charge < -0.3 is 9.64 Å². The molecule has 0 bridgehead atoms. The van der Waals surface area contributed by atoms with Crippen molar-refractivity contribution in [2.75, 3.05) is 18.0 Å². The molecule has 2 heterocycles. The van der Waals surface area contributed by atoms with Gasteiger partial charge >= 0.3 is 12.5 Å². The molecule has 0 saturated heterocycles. The predicted molar refractivity (Wildman–Crippen MR) is 115 cm³/mol. The van der Waals surface area contributed by atoms with E-state index in [1.54, 1.807) is 7.05 Å². The molecule has 1 aromatic heterocycles. The fraction of sp³-hybridized carbons (Fsp3) is 0.261. The van der Waals surface area contributed by atoms with Crippen LogP contribution in [0.5, 0.6) is 5.75 Å². The van der Waals surface area contributed by atoms with Crippen LogP contribution in [0.3, 0.4) is 0 Å². The predicted octanol–water partition coefficient (Wildman–Crippen LogP) is 4.79. The largest absolute Gasteiger partial charge is 0.573 e. The summed E-state index contributed by atoms with van der Waals surface area (Å²) in [6, 6.07) is 10.4. The van der Waals surface area contributed by atoms with Gasteiger partial charge in [-0.15, -0.1) is 13.2 Å². The Balaban J connectivity index is 1.79. The molecule has 0 aliphatic carbocycles. The molecule has 0 fully saturated rings. The zero-order chi connectivity index (χ0) is 26.3. The van der Waals surface area contributed by atoms with Crippen LogP contribution in [0.15, 0.2) is 60.9 Å². The van der Waals surface area contributed by atoms with E-state index in [-0.39, 0.29) is 22.5 Å². The van der Waals surface area contributed by atoms with Crippen molar-refractivity contribution in [3.05, 3.63) is 72.1 Å². The molecule has 2 aromatic carbocycles. The summed E-state index contributed by atoms with van der Waals surface area (Å²) in [5.74, 6) is -3.48. The Morgan fingerprint density at radius 2 is 1.81 bits per heavy atom. The number of aromatic nitrogens is 2. The average molecular weight is 512 g/mol. The number of ether oxygens (including phenoxy) is 1. The van der Waals surface area contributed by atoms with Gasteiger partial charge in [-0.05, 0) is 23.8 Å². The van der Waals surface area contributed by atoms with E-state index in [0.29, 0.717) is 4.90 Å². The molecule has 1 atom stereocenters. The number of rotatable bonds is 5. The molecule has 7 nitrogen and oxygen atoms in total. The lowest BCUT2D eigenvalue weighted by Crippen LogP contribution is -2.48. The first-order valence-electron chi connectivity index (χ1n) is 10.5. The smallest absolute Gasteiger partial charge is 0.406 e. The highest BCUT2D eigenvalue weighted by Crippen LogP contribution is 2.37. The van der Waals surface area contributed by atoms with Crippen LogP contribution < -0.4 is 9.64 Å². The highest BCUT2D eigenvalue weighted by atomic mass is 19.4. The molecular formula is C23H18F6N4O3. The first kappa shape index (κ1) is 25.1. The van der Waals surface area contributed by atoms with E-state index in [1.165, 1.54) is 53.5 Å². The van der Waals surface area contributed by atoms with Gasteiger partial charge in [0.25, 0.3) is 5.91 Å².